The van der Waals surface area contributed by atoms with Gasteiger partial charge in [0.15, 0.2) is 0 Å². The average Bonchev–Trinajstić information content (AvgIpc) is 3.43. The third-order valence-corrected chi connectivity index (χ3v) is 8.93. The van der Waals surface area contributed by atoms with Crippen molar-refractivity contribution < 1.29 is 18.0 Å². The van der Waals surface area contributed by atoms with Crippen LogP contribution in [0, 0.1) is 6.92 Å². The number of sulfonamides is 1. The molecule has 1 aliphatic rings. The molecule has 41 heavy (non-hydrogen) atoms. The van der Waals surface area contributed by atoms with Gasteiger partial charge in [-0.2, -0.15) is 0 Å². The molecule has 3 aromatic carbocycles. The van der Waals surface area contributed by atoms with Gasteiger partial charge in [-0.15, -0.1) is 0 Å². The summed E-state index contributed by atoms with van der Waals surface area (Å²) in [6.45, 7) is 1.33. The Kier molecular flexibility index (Phi) is 10.3. The number of rotatable bonds is 11. The minimum absolute atomic E-state index is 0.0468. The number of carbonyl (C=O) groups excluding carboxylic acids is 2. The van der Waals surface area contributed by atoms with Crippen molar-refractivity contribution in [3.63, 3.8) is 0 Å². The van der Waals surface area contributed by atoms with E-state index >= 15 is 0 Å². The van der Waals surface area contributed by atoms with E-state index in [1.54, 1.807) is 37.3 Å². The van der Waals surface area contributed by atoms with Crippen LogP contribution in [0.5, 0.6) is 0 Å². The Bertz CT molecular complexity index is 1480. The van der Waals surface area contributed by atoms with Gasteiger partial charge in [-0.05, 0) is 60.7 Å². The Morgan fingerprint density at radius 1 is 0.927 bits per heavy atom. The van der Waals surface area contributed by atoms with E-state index in [1.165, 1.54) is 11.0 Å². The first-order valence-electron chi connectivity index (χ1n) is 13.6. The monoisotopic (exact) mass is 615 g/mol. The molecule has 0 saturated heterocycles. The summed E-state index contributed by atoms with van der Waals surface area (Å²) in [6, 6.07) is 20.6. The van der Waals surface area contributed by atoms with E-state index in [1.807, 2.05) is 36.4 Å². The number of amides is 2. The van der Waals surface area contributed by atoms with Crippen LogP contribution >= 0.6 is 23.2 Å². The predicted octanol–water partition coefficient (Wildman–Crippen LogP) is 5.77. The smallest absolute Gasteiger partial charge is 0.244 e. The Hall–Kier alpha value is -3.07. The minimum atomic E-state index is -3.88. The number of benzene rings is 3. The first-order chi connectivity index (χ1) is 19.5. The Morgan fingerprint density at radius 2 is 1.59 bits per heavy atom. The van der Waals surface area contributed by atoms with Gasteiger partial charge in [0.05, 0.1) is 11.9 Å². The zero-order chi connectivity index (χ0) is 29.6. The van der Waals surface area contributed by atoms with Crippen molar-refractivity contribution in [2.75, 3.05) is 17.1 Å². The molecule has 0 aromatic heterocycles. The summed E-state index contributed by atoms with van der Waals surface area (Å²) in [4.78, 5) is 29.6. The normalized spacial score (nSPS) is 14.4. The largest absolute Gasteiger partial charge is 0.352 e. The van der Waals surface area contributed by atoms with Crippen LogP contribution in [0.4, 0.5) is 5.69 Å². The number of aryl methyl sites for hydroxylation is 1. The van der Waals surface area contributed by atoms with Crippen LogP contribution in [0.2, 0.25) is 10.0 Å². The van der Waals surface area contributed by atoms with Gasteiger partial charge in [0.1, 0.15) is 12.6 Å². The molecular weight excluding hydrogens is 581 g/mol. The van der Waals surface area contributed by atoms with Gasteiger partial charge >= 0.3 is 0 Å². The molecule has 0 heterocycles. The molecular formula is C31H35Cl2N3O4S. The highest BCUT2D eigenvalue weighted by atomic mass is 35.5. The Morgan fingerprint density at radius 3 is 2.24 bits per heavy atom. The van der Waals surface area contributed by atoms with Gasteiger partial charge in [0, 0.05) is 29.1 Å². The molecule has 10 heteroatoms. The number of nitrogens with zero attached hydrogens (tertiary/aromatic N) is 2. The summed E-state index contributed by atoms with van der Waals surface area (Å²) in [5, 5.41) is 4.00. The molecule has 4 rings (SSSR count). The van der Waals surface area contributed by atoms with Crippen LogP contribution in [0.25, 0.3) is 0 Å². The molecule has 0 radical (unpaired) electrons. The topological polar surface area (TPSA) is 86.8 Å². The van der Waals surface area contributed by atoms with Crippen LogP contribution in [-0.4, -0.2) is 50.0 Å². The van der Waals surface area contributed by atoms with Gasteiger partial charge in [-0.3, -0.25) is 13.9 Å². The average molecular weight is 617 g/mol. The number of carbonyl (C=O) groups is 2. The molecule has 1 N–H and O–H groups in total. The van der Waals surface area contributed by atoms with Crippen molar-refractivity contribution >= 4 is 50.7 Å². The number of hydrogen-bond donors (Lipinski definition) is 1. The summed E-state index contributed by atoms with van der Waals surface area (Å²) in [7, 11) is -3.88. The molecule has 1 fully saturated rings. The van der Waals surface area contributed by atoms with Crippen LogP contribution in [0.3, 0.4) is 0 Å². The molecule has 218 valence electrons. The van der Waals surface area contributed by atoms with Crippen molar-refractivity contribution in [1.82, 2.24) is 10.2 Å². The Labute approximate surface area is 252 Å². The zero-order valence-corrected chi connectivity index (χ0v) is 25.6. The zero-order valence-electron chi connectivity index (χ0n) is 23.2. The van der Waals surface area contributed by atoms with E-state index in [4.69, 9.17) is 23.2 Å². The lowest BCUT2D eigenvalue weighted by Crippen LogP contribution is -2.54. The van der Waals surface area contributed by atoms with Crippen LogP contribution in [-0.2, 0) is 32.6 Å². The predicted molar refractivity (Wildman–Crippen MR) is 165 cm³/mol. The number of anilines is 1. The second-order valence-corrected chi connectivity index (χ2v) is 13.3. The Balaban J connectivity index is 1.74. The second-order valence-electron chi connectivity index (χ2n) is 10.5. The van der Waals surface area contributed by atoms with E-state index in [0.29, 0.717) is 21.3 Å². The number of nitrogens with one attached hydrogen (secondary N) is 1. The standard InChI is InChI=1S/C31H35Cl2N3O4S/c1-22-15-16-26(33)19-28(22)36(41(2,39)40)21-30(37)35(20-24-11-8-12-25(32)17-24)29(18-23-9-4-3-5-10-23)31(38)34-27-13-6-7-14-27/h3-5,8-12,15-17,19,27,29H,6-7,13-14,18,20-21H2,1-2H3,(H,34,38). The van der Waals surface area contributed by atoms with Crippen LogP contribution < -0.4 is 9.62 Å². The van der Waals surface area contributed by atoms with Gasteiger partial charge in [0.2, 0.25) is 21.8 Å². The lowest BCUT2D eigenvalue weighted by Gasteiger charge is -2.34. The lowest BCUT2D eigenvalue weighted by atomic mass is 10.0. The van der Waals surface area contributed by atoms with Crippen molar-refractivity contribution in [2.24, 2.45) is 0 Å². The third kappa shape index (κ3) is 8.47. The van der Waals surface area contributed by atoms with Crippen molar-refractivity contribution in [3.05, 3.63) is 99.5 Å². The van der Waals surface area contributed by atoms with Crippen molar-refractivity contribution in [2.45, 2.75) is 57.7 Å². The van der Waals surface area contributed by atoms with E-state index < -0.39 is 28.5 Å². The molecule has 0 bridgehead atoms. The summed E-state index contributed by atoms with van der Waals surface area (Å²) in [5.41, 5.74) is 2.57. The lowest BCUT2D eigenvalue weighted by molar-refractivity contribution is -0.140. The first kappa shape index (κ1) is 30.9. The highest BCUT2D eigenvalue weighted by Crippen LogP contribution is 2.27. The van der Waals surface area contributed by atoms with Crippen LogP contribution in [0.1, 0.15) is 42.4 Å². The fraction of sp³-hybridized carbons (Fsp3) is 0.355. The number of hydrogen-bond acceptors (Lipinski definition) is 4. The molecule has 1 unspecified atom stereocenters. The SMILES string of the molecule is Cc1ccc(Cl)cc1N(CC(=O)N(Cc1cccc(Cl)c1)C(Cc1ccccc1)C(=O)NC1CCCC1)S(C)(=O)=O. The maximum atomic E-state index is 14.2. The van der Waals surface area contributed by atoms with E-state index in [2.05, 4.69) is 5.32 Å². The molecule has 7 nitrogen and oxygen atoms in total. The minimum Gasteiger partial charge on any atom is -0.352 e. The molecule has 1 atom stereocenters. The fourth-order valence-corrected chi connectivity index (χ4v) is 6.48. The first-order valence-corrected chi connectivity index (χ1v) is 16.2. The summed E-state index contributed by atoms with van der Waals surface area (Å²) in [5.74, 6) is -0.779. The fourth-order valence-electron chi connectivity index (χ4n) is 5.20. The number of halogens is 2. The second kappa shape index (κ2) is 13.7. The third-order valence-electron chi connectivity index (χ3n) is 7.33. The quantitative estimate of drug-likeness (QED) is 0.297. The maximum Gasteiger partial charge on any atom is 0.244 e. The van der Waals surface area contributed by atoms with Gasteiger partial charge in [0.25, 0.3) is 0 Å². The molecule has 1 saturated carbocycles. The van der Waals surface area contributed by atoms with Gasteiger partial charge in [-0.1, -0.05) is 84.6 Å². The van der Waals surface area contributed by atoms with Crippen molar-refractivity contribution in [1.29, 1.82) is 0 Å². The van der Waals surface area contributed by atoms with Crippen LogP contribution in [0.15, 0.2) is 72.8 Å². The molecule has 0 aliphatic heterocycles. The summed E-state index contributed by atoms with van der Waals surface area (Å²) < 4.78 is 27.0. The van der Waals surface area contributed by atoms with E-state index in [9.17, 15) is 18.0 Å². The molecule has 2 amide bonds. The maximum absolute atomic E-state index is 14.2. The molecule has 0 spiro atoms. The highest BCUT2D eigenvalue weighted by molar-refractivity contribution is 7.92. The highest BCUT2D eigenvalue weighted by Gasteiger charge is 2.34. The summed E-state index contributed by atoms with van der Waals surface area (Å²) in [6.07, 6.45) is 5.18. The van der Waals surface area contributed by atoms with Gasteiger partial charge in [-0.25, -0.2) is 8.42 Å². The van der Waals surface area contributed by atoms with Gasteiger partial charge < -0.3 is 10.2 Å². The van der Waals surface area contributed by atoms with E-state index in [0.717, 1.165) is 47.4 Å². The summed E-state index contributed by atoms with van der Waals surface area (Å²) >= 11 is 12.5. The van der Waals surface area contributed by atoms with Crippen molar-refractivity contribution in [3.8, 4) is 0 Å². The molecule has 3 aromatic rings. The molecule has 1 aliphatic carbocycles. The van der Waals surface area contributed by atoms with E-state index in [-0.39, 0.29) is 24.9 Å².